The van der Waals surface area contributed by atoms with E-state index in [2.05, 4.69) is 30.3 Å². The summed E-state index contributed by atoms with van der Waals surface area (Å²) in [6.07, 6.45) is 6.75. The zero-order valence-electron chi connectivity index (χ0n) is 16.1. The van der Waals surface area contributed by atoms with Crippen LogP contribution in [0.4, 0.5) is 4.39 Å². The number of nitrogens with zero attached hydrogens (tertiary/aromatic N) is 1. The van der Waals surface area contributed by atoms with Crippen LogP contribution in [0.3, 0.4) is 0 Å². The molecule has 2 aromatic rings. The highest BCUT2D eigenvalue weighted by atomic mass is 19.1. The summed E-state index contributed by atoms with van der Waals surface area (Å²) in [5.74, 6) is -0.350. The smallest absolute Gasteiger partial charge is 0.163 e. The summed E-state index contributed by atoms with van der Waals surface area (Å²) in [7, 11) is 1.78. The number of rotatable bonds is 2. The maximum absolute atomic E-state index is 14.6. The average Bonchev–Trinajstić information content (AvgIpc) is 3.17. The van der Waals surface area contributed by atoms with E-state index in [0.29, 0.717) is 0 Å². The maximum atomic E-state index is 14.6. The Hall–Kier alpha value is -2.46. The van der Waals surface area contributed by atoms with Gasteiger partial charge < -0.3 is 10.5 Å². The van der Waals surface area contributed by atoms with Gasteiger partial charge in [-0.3, -0.25) is 0 Å². The Labute approximate surface area is 165 Å². The summed E-state index contributed by atoms with van der Waals surface area (Å²) in [6.45, 7) is 0. The SMILES string of the molecule is COC1CCC2(CC1)Cc1ccc(-c3ccccc3)cc1C21C=C(F)C(N)=N1. The molecule has 4 heteroatoms. The van der Waals surface area contributed by atoms with Gasteiger partial charge >= 0.3 is 0 Å². The van der Waals surface area contributed by atoms with E-state index in [1.165, 1.54) is 5.56 Å². The van der Waals surface area contributed by atoms with Crippen LogP contribution in [0.1, 0.15) is 36.8 Å². The molecule has 1 atom stereocenters. The molecule has 1 heterocycles. The largest absolute Gasteiger partial charge is 0.382 e. The molecule has 0 aromatic heterocycles. The molecule has 0 amide bonds. The zero-order chi connectivity index (χ0) is 19.4. The normalized spacial score (nSPS) is 31.1. The van der Waals surface area contributed by atoms with Crippen LogP contribution in [0.5, 0.6) is 0 Å². The number of ether oxygens (including phenoxy) is 1. The first kappa shape index (κ1) is 17.6. The van der Waals surface area contributed by atoms with Crippen molar-refractivity contribution < 1.29 is 9.13 Å². The summed E-state index contributed by atoms with van der Waals surface area (Å²) in [4.78, 5) is 4.79. The number of fused-ring (bicyclic) bond motifs is 3. The third-order valence-corrected chi connectivity index (χ3v) is 7.07. The predicted molar refractivity (Wildman–Crippen MR) is 110 cm³/mol. The Kier molecular flexibility index (Phi) is 3.95. The van der Waals surface area contributed by atoms with Gasteiger partial charge in [-0.05, 0) is 66.5 Å². The monoisotopic (exact) mass is 376 g/mol. The molecule has 5 rings (SSSR count). The molecule has 2 aromatic carbocycles. The van der Waals surface area contributed by atoms with Crippen LogP contribution < -0.4 is 5.73 Å². The molecule has 1 saturated carbocycles. The molecule has 1 unspecified atom stereocenters. The van der Waals surface area contributed by atoms with E-state index in [9.17, 15) is 4.39 Å². The first-order valence-electron chi connectivity index (χ1n) is 10.0. The average molecular weight is 376 g/mol. The number of methoxy groups -OCH3 is 1. The number of hydrogen-bond donors (Lipinski definition) is 1. The van der Waals surface area contributed by atoms with Crippen LogP contribution in [-0.4, -0.2) is 19.0 Å². The van der Waals surface area contributed by atoms with Crippen molar-refractivity contribution in [2.75, 3.05) is 7.11 Å². The zero-order valence-corrected chi connectivity index (χ0v) is 16.1. The molecule has 2 aliphatic carbocycles. The second-order valence-corrected chi connectivity index (χ2v) is 8.39. The van der Waals surface area contributed by atoms with E-state index in [1.807, 2.05) is 18.2 Å². The van der Waals surface area contributed by atoms with Gasteiger partial charge in [0, 0.05) is 12.5 Å². The number of amidine groups is 1. The molecule has 1 aliphatic heterocycles. The van der Waals surface area contributed by atoms with Gasteiger partial charge in [-0.1, -0.05) is 42.5 Å². The highest BCUT2D eigenvalue weighted by Crippen LogP contribution is 2.62. The molecule has 2 N–H and O–H groups in total. The second-order valence-electron chi connectivity index (χ2n) is 8.39. The van der Waals surface area contributed by atoms with Gasteiger partial charge in [0.25, 0.3) is 0 Å². The van der Waals surface area contributed by atoms with Crippen LogP contribution >= 0.6 is 0 Å². The van der Waals surface area contributed by atoms with Crippen LogP contribution in [0.25, 0.3) is 11.1 Å². The first-order valence-corrected chi connectivity index (χ1v) is 10.0. The number of nitrogens with two attached hydrogens (primary N) is 1. The van der Waals surface area contributed by atoms with Crippen LogP contribution in [0.2, 0.25) is 0 Å². The van der Waals surface area contributed by atoms with Crippen molar-refractivity contribution in [2.24, 2.45) is 16.1 Å². The van der Waals surface area contributed by atoms with E-state index in [4.69, 9.17) is 15.5 Å². The van der Waals surface area contributed by atoms with Crippen molar-refractivity contribution >= 4 is 5.84 Å². The highest BCUT2D eigenvalue weighted by Gasteiger charge is 2.59. The minimum absolute atomic E-state index is 0.0335. The summed E-state index contributed by atoms with van der Waals surface area (Å²) in [6, 6.07) is 16.9. The summed E-state index contributed by atoms with van der Waals surface area (Å²) in [5, 5.41) is 0. The standard InChI is InChI=1S/C24H25FN2O/c1-28-19-9-11-23(12-10-19)14-18-8-7-17(16-5-3-2-4-6-16)13-20(18)24(23)15-21(25)22(26)27-24/h2-8,13,15,19H,9-12,14H2,1H3,(H2,26,27). The first-order chi connectivity index (χ1) is 13.6. The molecule has 0 saturated heterocycles. The van der Waals surface area contributed by atoms with Gasteiger partial charge in [0.1, 0.15) is 5.54 Å². The highest BCUT2D eigenvalue weighted by molar-refractivity contribution is 5.98. The second kappa shape index (κ2) is 6.28. The number of hydrogen-bond acceptors (Lipinski definition) is 3. The van der Waals surface area contributed by atoms with E-state index in [-0.39, 0.29) is 23.2 Å². The Balaban J connectivity index is 1.65. The fourth-order valence-electron chi connectivity index (χ4n) is 5.56. The van der Waals surface area contributed by atoms with Gasteiger partial charge in [-0.25, -0.2) is 9.38 Å². The van der Waals surface area contributed by atoms with Crippen molar-refractivity contribution in [1.82, 2.24) is 0 Å². The molecule has 0 bridgehead atoms. The Bertz CT molecular complexity index is 953. The van der Waals surface area contributed by atoms with Gasteiger partial charge in [-0.15, -0.1) is 0 Å². The molecule has 2 spiro atoms. The van der Waals surface area contributed by atoms with Crippen LogP contribution in [0, 0.1) is 5.41 Å². The Morgan fingerprint density at radius 1 is 1.07 bits per heavy atom. The minimum atomic E-state index is -0.694. The van der Waals surface area contributed by atoms with E-state index >= 15 is 0 Å². The van der Waals surface area contributed by atoms with Crippen molar-refractivity contribution in [3.8, 4) is 11.1 Å². The van der Waals surface area contributed by atoms with Gasteiger partial charge in [0.15, 0.2) is 11.7 Å². The summed E-state index contributed by atoms with van der Waals surface area (Å²) in [5.41, 5.74) is 9.81. The van der Waals surface area contributed by atoms with Crippen molar-refractivity contribution in [3.05, 3.63) is 71.6 Å². The molecule has 3 aliphatic rings. The fraction of sp³-hybridized carbons (Fsp3) is 0.375. The topological polar surface area (TPSA) is 47.6 Å². The Morgan fingerprint density at radius 2 is 1.82 bits per heavy atom. The molecular weight excluding hydrogens is 351 g/mol. The lowest BCUT2D eigenvalue weighted by Crippen LogP contribution is -2.43. The predicted octanol–water partition coefficient (Wildman–Crippen LogP) is 4.90. The maximum Gasteiger partial charge on any atom is 0.163 e. The van der Waals surface area contributed by atoms with E-state index in [0.717, 1.165) is 48.8 Å². The quantitative estimate of drug-likeness (QED) is 0.810. The van der Waals surface area contributed by atoms with Gasteiger partial charge in [0.05, 0.1) is 6.10 Å². The van der Waals surface area contributed by atoms with Crippen LogP contribution in [0.15, 0.2) is 65.4 Å². The third-order valence-electron chi connectivity index (χ3n) is 7.07. The molecule has 3 nitrogen and oxygen atoms in total. The van der Waals surface area contributed by atoms with Gasteiger partial charge in [0.2, 0.25) is 0 Å². The summed E-state index contributed by atoms with van der Waals surface area (Å²) < 4.78 is 20.2. The molecule has 28 heavy (non-hydrogen) atoms. The lowest BCUT2D eigenvalue weighted by molar-refractivity contribution is 0.00815. The number of halogens is 1. The van der Waals surface area contributed by atoms with Gasteiger partial charge in [-0.2, -0.15) is 0 Å². The van der Waals surface area contributed by atoms with Crippen molar-refractivity contribution in [3.63, 3.8) is 0 Å². The molecular formula is C24H25FN2O. The Morgan fingerprint density at radius 3 is 2.46 bits per heavy atom. The summed E-state index contributed by atoms with van der Waals surface area (Å²) >= 11 is 0. The molecule has 0 radical (unpaired) electrons. The molecule has 144 valence electrons. The van der Waals surface area contributed by atoms with Crippen LogP contribution in [-0.2, 0) is 16.7 Å². The number of aliphatic imine (C=N–C) groups is 1. The minimum Gasteiger partial charge on any atom is -0.382 e. The fourth-order valence-corrected chi connectivity index (χ4v) is 5.56. The van der Waals surface area contributed by atoms with E-state index < -0.39 is 5.54 Å². The third kappa shape index (κ3) is 2.40. The van der Waals surface area contributed by atoms with Crippen molar-refractivity contribution in [2.45, 2.75) is 43.7 Å². The molecule has 1 fully saturated rings. The van der Waals surface area contributed by atoms with Crippen molar-refractivity contribution in [1.29, 1.82) is 0 Å². The lowest BCUT2D eigenvalue weighted by Gasteiger charge is -2.45. The van der Waals surface area contributed by atoms with E-state index in [1.54, 1.807) is 13.2 Å². The number of benzene rings is 2. The lowest BCUT2D eigenvalue weighted by atomic mass is 9.62.